The topological polar surface area (TPSA) is 80.1 Å². The highest BCUT2D eigenvalue weighted by Crippen LogP contribution is 2.06. The number of carbonyl (C=O) groups is 2. The molecule has 0 saturated carbocycles. The Bertz CT molecular complexity index is 443. The molecule has 0 unspecified atom stereocenters. The maximum Gasteiger partial charge on any atom is 0.359 e. The molecule has 5 nitrogen and oxygen atoms in total. The zero-order valence-corrected chi connectivity index (χ0v) is 9.95. The van der Waals surface area contributed by atoms with Crippen LogP contribution in [0.4, 0.5) is 0 Å². The van der Waals surface area contributed by atoms with Crippen molar-refractivity contribution in [1.82, 2.24) is 4.98 Å². The van der Waals surface area contributed by atoms with Crippen LogP contribution < -0.4 is 0 Å². The monoisotopic (exact) mass is 254 g/mol. The number of esters is 1. The molecule has 0 radical (unpaired) electrons. The molecule has 1 rings (SSSR count). The van der Waals surface area contributed by atoms with Gasteiger partial charge in [-0.25, -0.2) is 9.78 Å². The van der Waals surface area contributed by atoms with Crippen molar-refractivity contribution in [2.75, 3.05) is 6.61 Å². The molecule has 0 aromatic carbocycles. The highest BCUT2D eigenvalue weighted by molar-refractivity contribution is 6.63. The van der Waals surface area contributed by atoms with Crippen molar-refractivity contribution >= 4 is 29.1 Å². The zero-order chi connectivity index (χ0) is 12.8. The van der Waals surface area contributed by atoms with Crippen molar-refractivity contribution in [2.24, 2.45) is 0 Å². The van der Waals surface area contributed by atoms with Crippen LogP contribution in [0.2, 0.25) is 5.15 Å². The number of rotatable bonds is 5. The Morgan fingerprint density at radius 2 is 2.18 bits per heavy atom. The van der Waals surface area contributed by atoms with Crippen molar-refractivity contribution in [3.8, 4) is 0 Å². The molecule has 0 fully saturated rings. The Hall–Kier alpha value is -1.75. The van der Waals surface area contributed by atoms with Gasteiger partial charge in [0, 0.05) is 12.6 Å². The molecule has 0 aliphatic rings. The third kappa shape index (κ3) is 3.96. The van der Waals surface area contributed by atoms with Crippen LogP contribution in [-0.4, -0.2) is 29.1 Å². The Balaban J connectivity index is 2.63. The van der Waals surface area contributed by atoms with Crippen LogP contribution in [0, 0.1) is 5.41 Å². The predicted molar refractivity (Wildman–Crippen MR) is 62.3 cm³/mol. The minimum Gasteiger partial charge on any atom is -0.461 e. The van der Waals surface area contributed by atoms with Gasteiger partial charge in [0.2, 0.25) is 0 Å². The fraction of sp³-hybridized carbons (Fsp3) is 0.273. The second-order valence-corrected chi connectivity index (χ2v) is 3.57. The minimum atomic E-state index is -0.903. The Morgan fingerprint density at radius 1 is 1.47 bits per heavy atom. The second-order valence-electron chi connectivity index (χ2n) is 3.18. The lowest BCUT2D eigenvalue weighted by molar-refractivity contribution is -0.135. The molecule has 0 bridgehead atoms. The summed E-state index contributed by atoms with van der Waals surface area (Å²) in [5.41, 5.74) is -0.0600. The molecule has 0 amide bonds. The first kappa shape index (κ1) is 13.3. The molecule has 0 spiro atoms. The number of nitrogens with zero attached hydrogens (tertiary/aromatic N) is 1. The third-order valence-electron chi connectivity index (χ3n) is 1.91. The Kier molecular flexibility index (Phi) is 4.78. The molecule has 0 aliphatic heterocycles. The van der Waals surface area contributed by atoms with Gasteiger partial charge in [-0.15, -0.1) is 0 Å². The summed E-state index contributed by atoms with van der Waals surface area (Å²) in [7, 11) is 0. The van der Waals surface area contributed by atoms with Crippen LogP contribution in [0.15, 0.2) is 18.3 Å². The van der Waals surface area contributed by atoms with E-state index in [2.05, 4.69) is 9.72 Å². The van der Waals surface area contributed by atoms with Gasteiger partial charge in [0.15, 0.2) is 11.5 Å². The first-order valence-electron chi connectivity index (χ1n) is 4.94. The second kappa shape index (κ2) is 6.10. The fourth-order valence-electron chi connectivity index (χ4n) is 1.10. The lowest BCUT2D eigenvalue weighted by atomic mass is 10.1. The van der Waals surface area contributed by atoms with E-state index in [1.54, 1.807) is 13.0 Å². The lowest BCUT2D eigenvalue weighted by Gasteiger charge is -2.03. The van der Waals surface area contributed by atoms with E-state index in [9.17, 15) is 9.59 Å². The number of pyridine rings is 1. The summed E-state index contributed by atoms with van der Waals surface area (Å²) in [4.78, 5) is 26.5. The fourth-order valence-corrected chi connectivity index (χ4v) is 1.21. The average molecular weight is 255 g/mol. The van der Waals surface area contributed by atoms with E-state index in [4.69, 9.17) is 17.0 Å². The summed E-state index contributed by atoms with van der Waals surface area (Å²) >= 11 is 5.59. The summed E-state index contributed by atoms with van der Waals surface area (Å²) in [5.74, 6) is -1.51. The molecule has 1 N–H and O–H groups in total. The molecular formula is C11H11ClN2O3. The van der Waals surface area contributed by atoms with E-state index >= 15 is 0 Å². The number of halogens is 1. The number of Topliss-reactive ketones (excluding diaryl/α,β-unsaturated/α-hetero) is 1. The highest BCUT2D eigenvalue weighted by Gasteiger charge is 2.19. The van der Waals surface area contributed by atoms with Crippen molar-refractivity contribution in [3.05, 3.63) is 29.0 Å². The van der Waals surface area contributed by atoms with Gasteiger partial charge in [0.05, 0.1) is 6.61 Å². The third-order valence-corrected chi connectivity index (χ3v) is 2.14. The molecule has 0 aliphatic carbocycles. The SMILES string of the molecule is CCOC(=O)C(=N)C(=O)Cc1ccc(Cl)nc1. The van der Waals surface area contributed by atoms with Gasteiger partial charge in [0.25, 0.3) is 0 Å². The van der Waals surface area contributed by atoms with Gasteiger partial charge >= 0.3 is 5.97 Å². The molecule has 1 heterocycles. The Labute approximate surface area is 103 Å². The molecule has 1 aromatic rings. The molecular weight excluding hydrogens is 244 g/mol. The molecule has 90 valence electrons. The average Bonchev–Trinajstić information content (AvgIpc) is 2.31. The maximum atomic E-state index is 11.5. The molecule has 6 heteroatoms. The number of carbonyl (C=O) groups excluding carboxylic acids is 2. The number of nitrogens with one attached hydrogen (secondary N) is 1. The van der Waals surface area contributed by atoms with E-state index in [-0.39, 0.29) is 13.0 Å². The quantitative estimate of drug-likeness (QED) is 0.373. The summed E-state index contributed by atoms with van der Waals surface area (Å²) in [6, 6.07) is 3.16. The summed E-state index contributed by atoms with van der Waals surface area (Å²) in [6.07, 6.45) is 1.36. The summed E-state index contributed by atoms with van der Waals surface area (Å²) < 4.78 is 4.56. The number of ether oxygens (including phenoxy) is 1. The van der Waals surface area contributed by atoms with Gasteiger partial charge in [-0.2, -0.15) is 0 Å². The Morgan fingerprint density at radius 3 is 2.71 bits per heavy atom. The van der Waals surface area contributed by atoms with Gasteiger partial charge in [-0.3, -0.25) is 10.2 Å². The first-order chi connectivity index (χ1) is 8.04. The standard InChI is InChI=1S/C11H11ClN2O3/c1-2-17-11(16)10(13)8(15)5-7-3-4-9(12)14-6-7/h3-4,6,13H,2,5H2,1H3. The predicted octanol–water partition coefficient (Wildman–Crippen LogP) is 1.43. The van der Waals surface area contributed by atoms with Gasteiger partial charge in [0.1, 0.15) is 5.15 Å². The van der Waals surface area contributed by atoms with Crippen LogP contribution in [0.1, 0.15) is 12.5 Å². The van der Waals surface area contributed by atoms with E-state index < -0.39 is 17.5 Å². The van der Waals surface area contributed by atoms with E-state index in [0.717, 1.165) is 0 Å². The van der Waals surface area contributed by atoms with Gasteiger partial charge in [-0.1, -0.05) is 17.7 Å². The van der Waals surface area contributed by atoms with Crippen molar-refractivity contribution in [2.45, 2.75) is 13.3 Å². The smallest absolute Gasteiger partial charge is 0.359 e. The lowest BCUT2D eigenvalue weighted by Crippen LogP contribution is -2.26. The normalized spacial score (nSPS) is 9.76. The zero-order valence-electron chi connectivity index (χ0n) is 9.20. The van der Waals surface area contributed by atoms with Crippen LogP contribution in [0.5, 0.6) is 0 Å². The van der Waals surface area contributed by atoms with E-state index in [1.165, 1.54) is 12.3 Å². The van der Waals surface area contributed by atoms with Gasteiger partial charge < -0.3 is 4.74 Å². The highest BCUT2D eigenvalue weighted by atomic mass is 35.5. The molecule has 0 atom stereocenters. The summed E-state index contributed by atoms with van der Waals surface area (Å²) in [6.45, 7) is 1.75. The van der Waals surface area contributed by atoms with Crippen LogP contribution in [0.25, 0.3) is 0 Å². The minimum absolute atomic E-state index is 0.0676. The van der Waals surface area contributed by atoms with Crippen molar-refractivity contribution < 1.29 is 14.3 Å². The van der Waals surface area contributed by atoms with Crippen molar-refractivity contribution in [1.29, 1.82) is 5.41 Å². The number of hydrogen-bond acceptors (Lipinski definition) is 5. The van der Waals surface area contributed by atoms with Crippen LogP contribution in [-0.2, 0) is 20.7 Å². The van der Waals surface area contributed by atoms with Crippen molar-refractivity contribution in [3.63, 3.8) is 0 Å². The number of hydrogen-bond donors (Lipinski definition) is 1. The first-order valence-corrected chi connectivity index (χ1v) is 5.31. The summed E-state index contributed by atoms with van der Waals surface area (Å²) in [5, 5.41) is 7.65. The number of aromatic nitrogens is 1. The number of ketones is 1. The molecule has 17 heavy (non-hydrogen) atoms. The molecule has 1 aromatic heterocycles. The van der Waals surface area contributed by atoms with E-state index in [0.29, 0.717) is 10.7 Å². The van der Waals surface area contributed by atoms with Gasteiger partial charge in [-0.05, 0) is 18.6 Å². The van der Waals surface area contributed by atoms with Crippen LogP contribution >= 0.6 is 11.6 Å². The maximum absolute atomic E-state index is 11.5. The largest absolute Gasteiger partial charge is 0.461 e. The molecule has 0 saturated heterocycles. The van der Waals surface area contributed by atoms with E-state index in [1.807, 2.05) is 0 Å². The van der Waals surface area contributed by atoms with Crippen LogP contribution in [0.3, 0.4) is 0 Å².